The number of nitrogens with zero attached hydrogens (tertiary/aromatic N) is 6. The van der Waals surface area contributed by atoms with Crippen molar-refractivity contribution in [3.05, 3.63) is 419 Å². The van der Waals surface area contributed by atoms with Gasteiger partial charge in [-0.1, -0.05) is 358 Å². The van der Waals surface area contributed by atoms with E-state index in [-0.39, 0.29) is 0 Å². The second-order valence-electron chi connectivity index (χ2n) is 28.1. The standard InChI is InChI=1S/C35H24NPS.C34H23N2OP.C33H22N3OP/c38-37(27-12-3-1-4-13-27,28-14-5-2-6-15-28)29-22-19-26(20-23-29)35-32-24-21-25-11-7-8-16-30(25)34(32)31-17-9-10-18-33(31)36-35;37-38(25-12-3-1-4-13-25,26-14-5-2-6-15-26)27-20-22-32(35-23-27)34-30-21-19-24-11-7-8-16-28(24)33(30)29-17-9-10-18-31(29)36-34;37-38(30-13-5-7-21-34-30,31-14-6-8-22-35-31)25-18-15-24(16-19-25)33-28-20-17-23-9-1-2-10-26(23)32(28)27-11-3-4-12-29(27)36-33/h1-24H;1-23H;1-22H. The molecule has 0 aliphatic heterocycles. The molecule has 0 saturated heterocycles. The SMILES string of the molecule is O=P(c1ccc(-c2nc3ccccc3c3c2ccc2ccccc23)cc1)(c1ccccn1)c1ccccn1.O=P(c1ccccc1)(c1ccccc1)c1ccc(-c2nc3ccccc3c3c2ccc2ccccc23)nc1.S=P(c1ccccc1)(c1ccccc1)c1ccc(-c2nc3ccccc3c3c2ccc2ccccc23)cc1. The number of aromatic nitrogens is 6. The molecule has 540 valence electrons. The Balaban J connectivity index is 0.000000115. The van der Waals surface area contributed by atoms with Gasteiger partial charge in [0.1, 0.15) is 10.9 Å². The highest BCUT2D eigenvalue weighted by Crippen LogP contribution is 2.47. The summed E-state index contributed by atoms with van der Waals surface area (Å²) in [5.74, 6) is 0. The van der Waals surface area contributed by atoms with Crippen LogP contribution in [0.25, 0.3) is 131 Å². The van der Waals surface area contributed by atoms with E-state index in [1.54, 1.807) is 18.6 Å². The van der Waals surface area contributed by atoms with Gasteiger partial charge < -0.3 is 9.13 Å². The van der Waals surface area contributed by atoms with Crippen LogP contribution in [0, 0.1) is 0 Å². The van der Waals surface area contributed by atoms with Gasteiger partial charge in [-0.25, -0.2) is 15.0 Å². The Bertz CT molecular complexity index is 6480. The van der Waals surface area contributed by atoms with Crippen molar-refractivity contribution in [3.63, 3.8) is 0 Å². The molecule has 0 fully saturated rings. The highest BCUT2D eigenvalue weighted by Gasteiger charge is 2.34. The van der Waals surface area contributed by atoms with E-state index in [9.17, 15) is 9.13 Å². The third-order valence-corrected chi connectivity index (χ3v) is 32.4. The van der Waals surface area contributed by atoms with Gasteiger partial charge in [-0.3, -0.25) is 15.0 Å². The molecule has 12 heteroatoms. The Morgan fingerprint density at radius 1 is 0.219 bits per heavy atom. The van der Waals surface area contributed by atoms with Crippen molar-refractivity contribution in [1.29, 1.82) is 0 Å². The molecule has 8 nitrogen and oxygen atoms in total. The molecule has 21 aromatic rings. The summed E-state index contributed by atoms with van der Waals surface area (Å²) in [4.78, 5) is 29.1. The molecule has 21 rings (SSSR count). The predicted molar refractivity (Wildman–Crippen MR) is 485 cm³/mol. The third-order valence-electron chi connectivity index (χ3n) is 21.6. The van der Waals surface area contributed by atoms with Crippen LogP contribution in [0.1, 0.15) is 0 Å². The van der Waals surface area contributed by atoms with Gasteiger partial charge in [-0.05, 0) is 103 Å². The van der Waals surface area contributed by atoms with Crippen LogP contribution in [0.4, 0.5) is 0 Å². The molecule has 0 N–H and O–H groups in total. The molecule has 0 saturated carbocycles. The van der Waals surface area contributed by atoms with Crippen LogP contribution >= 0.6 is 20.3 Å². The molecule has 0 spiro atoms. The second-order valence-corrected chi connectivity index (χ2v) is 37.9. The highest BCUT2D eigenvalue weighted by atomic mass is 32.4. The van der Waals surface area contributed by atoms with Crippen LogP contribution in [0.5, 0.6) is 0 Å². The van der Waals surface area contributed by atoms with Crippen molar-refractivity contribution < 1.29 is 9.13 Å². The zero-order valence-corrected chi connectivity index (χ0v) is 65.1. The maximum Gasteiger partial charge on any atom is 0.205 e. The maximum atomic E-state index is 14.7. The van der Waals surface area contributed by atoms with Gasteiger partial charge in [-0.15, -0.1) is 0 Å². The van der Waals surface area contributed by atoms with E-state index < -0.39 is 20.3 Å². The van der Waals surface area contributed by atoms with Crippen LogP contribution in [-0.4, -0.2) is 29.9 Å². The van der Waals surface area contributed by atoms with Crippen LogP contribution < -0.4 is 48.0 Å². The molecule has 15 aromatic carbocycles. The minimum Gasteiger partial charge on any atom is -0.309 e. The molecule has 0 aliphatic carbocycles. The molecule has 6 heterocycles. The Hall–Kier alpha value is -13.4. The Morgan fingerprint density at radius 2 is 0.526 bits per heavy atom. The Morgan fingerprint density at radius 3 is 0.904 bits per heavy atom. The van der Waals surface area contributed by atoms with Crippen LogP contribution in [-0.2, 0) is 20.9 Å². The monoisotopic (exact) mass is 1530 g/mol. The first kappa shape index (κ1) is 71.0. The first-order valence-corrected chi connectivity index (χ1v) is 44.1. The smallest absolute Gasteiger partial charge is 0.205 e. The summed E-state index contributed by atoms with van der Waals surface area (Å²) in [6.45, 7) is 0. The van der Waals surface area contributed by atoms with Gasteiger partial charge in [0.05, 0.1) is 39.3 Å². The van der Waals surface area contributed by atoms with E-state index >= 15 is 0 Å². The summed E-state index contributed by atoms with van der Waals surface area (Å²) in [6.07, 6.45) is 5.11. The van der Waals surface area contributed by atoms with Crippen LogP contribution in [0.15, 0.2) is 419 Å². The lowest BCUT2D eigenvalue weighted by Gasteiger charge is -2.24. The number of para-hydroxylation sites is 3. The lowest BCUT2D eigenvalue weighted by Crippen LogP contribution is -2.28. The second kappa shape index (κ2) is 30.4. The molecule has 0 bridgehead atoms. The fourth-order valence-electron chi connectivity index (χ4n) is 16.1. The zero-order valence-electron chi connectivity index (χ0n) is 61.6. The van der Waals surface area contributed by atoms with Crippen molar-refractivity contribution in [2.45, 2.75) is 0 Å². The molecule has 0 unspecified atom stereocenters. The van der Waals surface area contributed by atoms with E-state index in [1.807, 2.05) is 152 Å². The number of pyridine rings is 6. The summed E-state index contributed by atoms with van der Waals surface area (Å²) >= 11 is 6.55. The maximum absolute atomic E-state index is 14.7. The summed E-state index contributed by atoms with van der Waals surface area (Å²) in [6, 6.07) is 134. The summed E-state index contributed by atoms with van der Waals surface area (Å²) < 4.78 is 29.4. The average Bonchev–Trinajstić information content (AvgIpc) is 0.748. The average molecular weight is 1540 g/mol. The van der Waals surface area contributed by atoms with E-state index in [0.717, 1.165) is 82.6 Å². The number of benzene rings is 15. The number of hydrogen-bond donors (Lipinski definition) is 0. The topological polar surface area (TPSA) is 111 Å². The lowest BCUT2D eigenvalue weighted by atomic mass is 9.95. The number of fused-ring (bicyclic) bond motifs is 15. The van der Waals surface area contributed by atoms with Crippen LogP contribution in [0.3, 0.4) is 0 Å². The highest BCUT2D eigenvalue weighted by molar-refractivity contribution is 8.25. The van der Waals surface area contributed by atoms with E-state index in [4.69, 9.17) is 31.7 Å². The summed E-state index contributed by atoms with van der Waals surface area (Å²) in [5, 5.41) is 24.2. The molecule has 0 atom stereocenters. The number of rotatable bonds is 12. The minimum absolute atomic E-state index is 0.521. The molecular formula is C102H69N6O2P3S. The van der Waals surface area contributed by atoms with E-state index in [1.165, 1.54) is 75.2 Å². The van der Waals surface area contributed by atoms with E-state index in [0.29, 0.717) is 21.5 Å². The van der Waals surface area contributed by atoms with Gasteiger partial charge in [0.15, 0.2) is 7.14 Å². The van der Waals surface area contributed by atoms with Crippen molar-refractivity contribution >= 4 is 177 Å². The molecule has 6 aromatic heterocycles. The van der Waals surface area contributed by atoms with E-state index in [2.05, 4.69) is 259 Å². The number of hydrogen-bond acceptors (Lipinski definition) is 9. The Labute approximate surface area is 664 Å². The largest absolute Gasteiger partial charge is 0.309 e. The summed E-state index contributed by atoms with van der Waals surface area (Å²) in [5.41, 5.74) is 9.48. The first-order valence-electron chi connectivity index (χ1n) is 37.9. The van der Waals surface area contributed by atoms with Gasteiger partial charge in [-0.2, -0.15) is 0 Å². The Kier molecular flexibility index (Phi) is 18.9. The predicted octanol–water partition coefficient (Wildman–Crippen LogP) is 21.8. The van der Waals surface area contributed by atoms with Crippen molar-refractivity contribution in [3.8, 4) is 33.9 Å². The molecule has 0 amide bonds. The molecular weight excluding hydrogens is 1470 g/mol. The normalized spacial score (nSPS) is 11.8. The van der Waals surface area contributed by atoms with Crippen molar-refractivity contribution in [2.75, 3.05) is 0 Å². The first-order chi connectivity index (χ1) is 56.2. The van der Waals surface area contributed by atoms with Crippen molar-refractivity contribution in [1.82, 2.24) is 29.9 Å². The van der Waals surface area contributed by atoms with Crippen molar-refractivity contribution in [2.24, 2.45) is 0 Å². The van der Waals surface area contributed by atoms with Crippen LogP contribution in [0.2, 0.25) is 0 Å². The van der Waals surface area contributed by atoms with Gasteiger partial charge in [0.2, 0.25) is 7.14 Å². The van der Waals surface area contributed by atoms with Gasteiger partial charge >= 0.3 is 0 Å². The minimum atomic E-state index is -3.25. The molecule has 0 radical (unpaired) electrons. The summed E-state index contributed by atoms with van der Waals surface area (Å²) in [7, 11) is -6.34. The molecule has 0 aliphatic rings. The lowest BCUT2D eigenvalue weighted by molar-refractivity contribution is 0.591. The quantitative estimate of drug-likeness (QED) is 0.0872. The zero-order chi connectivity index (χ0) is 76.6. The van der Waals surface area contributed by atoms with Gasteiger partial charge in [0.25, 0.3) is 0 Å². The fraction of sp³-hybridized carbons (Fsp3) is 0. The molecule has 114 heavy (non-hydrogen) atoms. The third kappa shape index (κ3) is 12.7. The fourth-order valence-corrected chi connectivity index (χ4v) is 24.8. The van der Waals surface area contributed by atoms with Gasteiger partial charge in [0, 0.05) is 105 Å².